The van der Waals surface area contributed by atoms with E-state index in [2.05, 4.69) is 17.6 Å². The van der Waals surface area contributed by atoms with E-state index < -0.39 is 11.2 Å². The lowest BCUT2D eigenvalue weighted by Gasteiger charge is -2.21. The third-order valence-electron chi connectivity index (χ3n) is 1.65. The van der Waals surface area contributed by atoms with Crippen molar-refractivity contribution in [2.45, 2.75) is 31.2 Å². The van der Waals surface area contributed by atoms with Crippen LogP contribution in [0.1, 0.15) is 20.8 Å². The van der Waals surface area contributed by atoms with Crippen molar-refractivity contribution in [3.63, 3.8) is 0 Å². The van der Waals surface area contributed by atoms with Gasteiger partial charge in [-0.1, -0.05) is 0 Å². The number of hydrogen-bond acceptors (Lipinski definition) is 3. The molecule has 1 aromatic heterocycles. The standard InChI is InChI=1S/C8H12N2O2S/c1-8(2,3)10-4-5(13)6(11)9-7(10)12/h4,13H,1-3H3,(H,9,11,12). The molecule has 0 spiro atoms. The lowest BCUT2D eigenvalue weighted by molar-refractivity contribution is 0.372. The Bertz CT molecular complexity index is 425. The highest BCUT2D eigenvalue weighted by atomic mass is 32.1. The fraction of sp³-hybridized carbons (Fsp3) is 0.500. The van der Waals surface area contributed by atoms with Gasteiger partial charge in [-0.15, -0.1) is 12.6 Å². The molecule has 0 fully saturated rings. The zero-order valence-corrected chi connectivity index (χ0v) is 8.68. The topological polar surface area (TPSA) is 54.9 Å². The first-order chi connectivity index (χ1) is 5.82. The van der Waals surface area contributed by atoms with Crippen LogP contribution >= 0.6 is 12.6 Å². The molecular weight excluding hydrogens is 188 g/mol. The van der Waals surface area contributed by atoms with Gasteiger partial charge in [-0.25, -0.2) is 4.79 Å². The SMILES string of the molecule is CC(C)(C)n1cc(S)c(=O)[nH]c1=O. The van der Waals surface area contributed by atoms with Gasteiger partial charge in [0.25, 0.3) is 5.56 Å². The minimum absolute atomic E-state index is 0.245. The number of H-pyrrole nitrogens is 1. The van der Waals surface area contributed by atoms with Crippen LogP contribution in [0.15, 0.2) is 20.7 Å². The molecule has 1 rings (SSSR count). The predicted octanol–water partition coefficient (Wildman–Crippen LogP) is 0.580. The van der Waals surface area contributed by atoms with Crippen molar-refractivity contribution in [3.05, 3.63) is 27.0 Å². The second-order valence-corrected chi connectivity index (χ2v) is 4.30. The molecule has 0 saturated carbocycles. The van der Waals surface area contributed by atoms with Crippen LogP contribution in [0.2, 0.25) is 0 Å². The second-order valence-electron chi connectivity index (χ2n) is 3.81. The van der Waals surface area contributed by atoms with Crippen molar-refractivity contribution in [2.75, 3.05) is 0 Å². The van der Waals surface area contributed by atoms with Crippen LogP contribution in [0, 0.1) is 0 Å². The van der Waals surface area contributed by atoms with Crippen LogP contribution in [0.25, 0.3) is 0 Å². The molecule has 0 atom stereocenters. The fourth-order valence-corrected chi connectivity index (χ4v) is 1.13. The van der Waals surface area contributed by atoms with Crippen molar-refractivity contribution in [3.8, 4) is 0 Å². The number of nitrogens with one attached hydrogen (secondary N) is 1. The van der Waals surface area contributed by atoms with Gasteiger partial charge < -0.3 is 0 Å². The minimum Gasteiger partial charge on any atom is -0.294 e. The molecule has 1 aromatic rings. The van der Waals surface area contributed by atoms with Crippen LogP contribution in [0.4, 0.5) is 0 Å². The van der Waals surface area contributed by atoms with Gasteiger partial charge in [-0.05, 0) is 20.8 Å². The summed E-state index contributed by atoms with van der Waals surface area (Å²) in [5.74, 6) is 0. The van der Waals surface area contributed by atoms with Crippen molar-refractivity contribution in [1.29, 1.82) is 0 Å². The molecule has 0 aliphatic heterocycles. The summed E-state index contributed by atoms with van der Waals surface area (Å²) in [7, 11) is 0. The molecule has 1 N–H and O–H groups in total. The highest BCUT2D eigenvalue weighted by Crippen LogP contribution is 2.10. The Morgan fingerprint density at radius 3 is 2.38 bits per heavy atom. The average molecular weight is 200 g/mol. The maximum absolute atomic E-state index is 11.3. The molecule has 0 bridgehead atoms. The number of rotatable bonds is 0. The number of aromatic nitrogens is 2. The van der Waals surface area contributed by atoms with Crippen molar-refractivity contribution >= 4 is 12.6 Å². The van der Waals surface area contributed by atoms with E-state index in [1.54, 1.807) is 0 Å². The average Bonchev–Trinajstić information content (AvgIpc) is 1.94. The van der Waals surface area contributed by atoms with E-state index >= 15 is 0 Å². The summed E-state index contributed by atoms with van der Waals surface area (Å²) in [5, 5.41) is 0. The Morgan fingerprint density at radius 2 is 1.92 bits per heavy atom. The molecule has 4 nitrogen and oxygen atoms in total. The Hall–Kier alpha value is -0.970. The van der Waals surface area contributed by atoms with E-state index in [-0.39, 0.29) is 10.4 Å². The summed E-state index contributed by atoms with van der Waals surface area (Å²) in [5.41, 5.74) is -1.21. The van der Waals surface area contributed by atoms with E-state index in [0.717, 1.165) is 0 Å². The zero-order valence-electron chi connectivity index (χ0n) is 7.79. The molecule has 0 saturated heterocycles. The quantitative estimate of drug-likeness (QED) is 0.602. The number of nitrogens with zero attached hydrogens (tertiary/aromatic N) is 1. The monoisotopic (exact) mass is 200 g/mol. The van der Waals surface area contributed by atoms with Gasteiger partial charge in [-0.3, -0.25) is 14.3 Å². The third-order valence-corrected chi connectivity index (χ3v) is 1.96. The largest absolute Gasteiger partial charge is 0.328 e. The smallest absolute Gasteiger partial charge is 0.294 e. The van der Waals surface area contributed by atoms with E-state index in [1.807, 2.05) is 20.8 Å². The van der Waals surface area contributed by atoms with Gasteiger partial charge in [0.15, 0.2) is 0 Å². The number of hydrogen-bond donors (Lipinski definition) is 2. The Labute approximate surface area is 81.0 Å². The van der Waals surface area contributed by atoms with Gasteiger partial charge in [0.05, 0.1) is 4.90 Å². The molecule has 0 amide bonds. The molecule has 13 heavy (non-hydrogen) atoms. The van der Waals surface area contributed by atoms with Gasteiger partial charge in [-0.2, -0.15) is 0 Å². The van der Waals surface area contributed by atoms with Gasteiger partial charge >= 0.3 is 5.69 Å². The molecule has 72 valence electrons. The van der Waals surface area contributed by atoms with Gasteiger partial charge in [0.2, 0.25) is 0 Å². The molecular formula is C8H12N2O2S. The van der Waals surface area contributed by atoms with Crippen molar-refractivity contribution < 1.29 is 0 Å². The van der Waals surface area contributed by atoms with Gasteiger partial charge in [0, 0.05) is 11.7 Å². The maximum atomic E-state index is 11.3. The summed E-state index contributed by atoms with van der Waals surface area (Å²) in [6.07, 6.45) is 1.45. The van der Waals surface area contributed by atoms with E-state index in [4.69, 9.17) is 0 Å². The Kier molecular flexibility index (Phi) is 2.38. The summed E-state index contributed by atoms with van der Waals surface area (Å²) in [6.45, 7) is 5.62. The van der Waals surface area contributed by atoms with E-state index in [0.29, 0.717) is 0 Å². The van der Waals surface area contributed by atoms with Crippen LogP contribution in [0.3, 0.4) is 0 Å². The Balaban J connectivity index is 3.51. The maximum Gasteiger partial charge on any atom is 0.328 e. The molecule has 5 heteroatoms. The molecule has 0 aromatic carbocycles. The first-order valence-electron chi connectivity index (χ1n) is 3.88. The van der Waals surface area contributed by atoms with E-state index in [9.17, 15) is 9.59 Å². The molecule has 0 radical (unpaired) electrons. The second kappa shape index (κ2) is 3.06. The van der Waals surface area contributed by atoms with Crippen LogP contribution in [0.5, 0.6) is 0 Å². The molecule has 0 aliphatic carbocycles. The predicted molar refractivity (Wildman–Crippen MR) is 53.6 cm³/mol. The van der Waals surface area contributed by atoms with Crippen molar-refractivity contribution in [2.24, 2.45) is 0 Å². The van der Waals surface area contributed by atoms with Gasteiger partial charge in [0.1, 0.15) is 0 Å². The summed E-state index contributed by atoms with van der Waals surface area (Å²) in [4.78, 5) is 24.7. The first kappa shape index (κ1) is 10.1. The summed E-state index contributed by atoms with van der Waals surface area (Å²) >= 11 is 3.94. The molecule has 0 unspecified atom stereocenters. The van der Waals surface area contributed by atoms with Crippen LogP contribution in [-0.2, 0) is 5.54 Å². The zero-order chi connectivity index (χ0) is 10.2. The summed E-state index contributed by atoms with van der Waals surface area (Å²) < 4.78 is 1.44. The third kappa shape index (κ3) is 2.03. The fourth-order valence-electron chi connectivity index (χ4n) is 0.959. The summed E-state index contributed by atoms with van der Waals surface area (Å²) in [6, 6.07) is 0. The number of thiol groups is 1. The Morgan fingerprint density at radius 1 is 1.38 bits per heavy atom. The lowest BCUT2D eigenvalue weighted by atomic mass is 10.1. The molecule has 1 heterocycles. The highest BCUT2D eigenvalue weighted by molar-refractivity contribution is 7.80. The van der Waals surface area contributed by atoms with E-state index in [1.165, 1.54) is 10.8 Å². The van der Waals surface area contributed by atoms with Crippen molar-refractivity contribution in [1.82, 2.24) is 9.55 Å². The lowest BCUT2D eigenvalue weighted by Crippen LogP contribution is -2.38. The molecule has 0 aliphatic rings. The highest BCUT2D eigenvalue weighted by Gasteiger charge is 2.15. The minimum atomic E-state index is -0.450. The number of aromatic amines is 1. The van der Waals surface area contributed by atoms with Crippen LogP contribution in [-0.4, -0.2) is 9.55 Å². The first-order valence-corrected chi connectivity index (χ1v) is 4.32. The normalized spacial score (nSPS) is 11.7. The van der Waals surface area contributed by atoms with Crippen LogP contribution < -0.4 is 11.2 Å².